The van der Waals surface area contributed by atoms with Gasteiger partial charge in [0.15, 0.2) is 0 Å². The number of benzene rings is 1. The predicted molar refractivity (Wildman–Crippen MR) is 80.0 cm³/mol. The lowest BCUT2D eigenvalue weighted by Gasteiger charge is -2.24. The fraction of sp³-hybridized carbons (Fsp3) is 0.562. The van der Waals surface area contributed by atoms with Gasteiger partial charge in [0.25, 0.3) is 0 Å². The van der Waals surface area contributed by atoms with E-state index in [4.69, 9.17) is 10.5 Å². The predicted octanol–water partition coefficient (Wildman–Crippen LogP) is 3.37. The number of alkyl halides is 3. The highest BCUT2D eigenvalue weighted by Crippen LogP contribution is 2.33. The van der Waals surface area contributed by atoms with E-state index in [-0.39, 0.29) is 19.0 Å². The van der Waals surface area contributed by atoms with E-state index in [1.54, 1.807) is 26.8 Å². The van der Waals surface area contributed by atoms with Crippen molar-refractivity contribution in [3.05, 3.63) is 35.4 Å². The number of nitrogens with zero attached hydrogens (tertiary/aromatic N) is 1. The summed E-state index contributed by atoms with van der Waals surface area (Å²) >= 11 is 0. The maximum atomic E-state index is 12.8. The number of halogens is 3. The molecule has 2 unspecified atom stereocenters. The smallest absolute Gasteiger partial charge is 0.416 e. The number of carbonyl (C=O) groups excluding carboxylic acids is 1. The van der Waals surface area contributed by atoms with Gasteiger partial charge in [0.05, 0.1) is 5.56 Å². The van der Waals surface area contributed by atoms with E-state index in [1.807, 2.05) is 0 Å². The largest absolute Gasteiger partial charge is 0.444 e. The van der Waals surface area contributed by atoms with Gasteiger partial charge >= 0.3 is 12.3 Å². The minimum Gasteiger partial charge on any atom is -0.444 e. The first-order chi connectivity index (χ1) is 10.5. The summed E-state index contributed by atoms with van der Waals surface area (Å²) in [5, 5.41) is 0. The van der Waals surface area contributed by atoms with Gasteiger partial charge in [0.2, 0.25) is 0 Å². The number of nitrogens with two attached hydrogens (primary N) is 1. The van der Waals surface area contributed by atoms with Crippen LogP contribution in [0.1, 0.15) is 37.8 Å². The zero-order chi connectivity index (χ0) is 17.4. The second-order valence-electron chi connectivity index (χ2n) is 6.78. The van der Waals surface area contributed by atoms with E-state index >= 15 is 0 Å². The minimum atomic E-state index is -4.40. The standard InChI is InChI=1S/C16H21F3N2O2/c1-15(2,3)23-14(22)21-8-12(13(20)9-21)10-5-4-6-11(7-10)16(17,18)19/h4-7,12-13H,8-9,20H2,1-3H3. The molecule has 7 heteroatoms. The van der Waals surface area contributed by atoms with Crippen molar-refractivity contribution in [3.8, 4) is 0 Å². The van der Waals surface area contributed by atoms with Gasteiger partial charge < -0.3 is 15.4 Å². The SMILES string of the molecule is CC(C)(C)OC(=O)N1CC(N)C(c2cccc(C(F)(F)F)c2)C1. The van der Waals surface area contributed by atoms with Crippen molar-refractivity contribution in [1.29, 1.82) is 0 Å². The van der Waals surface area contributed by atoms with Crippen LogP contribution in [0.4, 0.5) is 18.0 Å². The Morgan fingerprint density at radius 2 is 1.91 bits per heavy atom. The van der Waals surface area contributed by atoms with E-state index < -0.39 is 29.5 Å². The van der Waals surface area contributed by atoms with Crippen molar-refractivity contribution in [3.63, 3.8) is 0 Å². The van der Waals surface area contributed by atoms with Crippen molar-refractivity contribution >= 4 is 6.09 Å². The molecule has 0 bridgehead atoms. The zero-order valence-corrected chi connectivity index (χ0v) is 13.4. The lowest BCUT2D eigenvalue weighted by atomic mass is 9.93. The molecule has 2 rings (SSSR count). The Bertz CT molecular complexity index is 581. The average molecular weight is 330 g/mol. The number of ether oxygens (including phenoxy) is 1. The van der Waals surface area contributed by atoms with Gasteiger partial charge in [0.1, 0.15) is 5.60 Å². The van der Waals surface area contributed by atoms with E-state index in [0.717, 1.165) is 12.1 Å². The number of carbonyl (C=O) groups is 1. The molecule has 4 nitrogen and oxygen atoms in total. The molecule has 1 aliphatic heterocycles. The summed E-state index contributed by atoms with van der Waals surface area (Å²) in [6.45, 7) is 5.77. The van der Waals surface area contributed by atoms with Crippen molar-refractivity contribution in [2.75, 3.05) is 13.1 Å². The Morgan fingerprint density at radius 3 is 2.48 bits per heavy atom. The van der Waals surface area contributed by atoms with Gasteiger partial charge in [-0.2, -0.15) is 13.2 Å². The van der Waals surface area contributed by atoms with Crippen LogP contribution in [-0.4, -0.2) is 35.7 Å². The van der Waals surface area contributed by atoms with E-state index in [9.17, 15) is 18.0 Å². The summed E-state index contributed by atoms with van der Waals surface area (Å²) in [7, 11) is 0. The molecule has 1 aromatic carbocycles. The summed E-state index contributed by atoms with van der Waals surface area (Å²) < 4.78 is 43.8. The summed E-state index contributed by atoms with van der Waals surface area (Å²) in [5.74, 6) is -0.343. The Kier molecular flexibility index (Phi) is 4.61. The number of hydrogen-bond donors (Lipinski definition) is 1. The molecular formula is C16H21F3N2O2. The molecule has 0 aliphatic carbocycles. The molecule has 0 aromatic heterocycles. The molecule has 1 aliphatic rings. The normalized spacial score (nSPS) is 22.3. The molecule has 0 radical (unpaired) electrons. The fourth-order valence-electron chi connectivity index (χ4n) is 2.60. The first kappa shape index (κ1) is 17.6. The van der Waals surface area contributed by atoms with E-state index in [2.05, 4.69) is 0 Å². The fourth-order valence-corrected chi connectivity index (χ4v) is 2.60. The maximum absolute atomic E-state index is 12.8. The van der Waals surface area contributed by atoms with Crippen molar-refractivity contribution in [2.45, 2.75) is 44.5 Å². The molecule has 1 saturated heterocycles. The Balaban J connectivity index is 2.15. The molecule has 0 saturated carbocycles. The van der Waals surface area contributed by atoms with Crippen LogP contribution in [0.5, 0.6) is 0 Å². The van der Waals surface area contributed by atoms with Crippen LogP contribution in [0.15, 0.2) is 24.3 Å². The number of amides is 1. The molecule has 2 N–H and O–H groups in total. The van der Waals surface area contributed by atoms with Crippen LogP contribution in [0.25, 0.3) is 0 Å². The first-order valence-corrected chi connectivity index (χ1v) is 7.38. The van der Waals surface area contributed by atoms with Crippen LogP contribution in [0.2, 0.25) is 0 Å². The molecule has 0 spiro atoms. The highest BCUT2D eigenvalue weighted by molar-refractivity contribution is 5.69. The summed E-state index contributed by atoms with van der Waals surface area (Å²) in [6, 6.07) is 4.67. The zero-order valence-electron chi connectivity index (χ0n) is 13.4. The van der Waals surface area contributed by atoms with Crippen molar-refractivity contribution in [2.24, 2.45) is 5.73 Å². The number of rotatable bonds is 1. The van der Waals surface area contributed by atoms with Gasteiger partial charge in [-0.15, -0.1) is 0 Å². The molecular weight excluding hydrogens is 309 g/mol. The van der Waals surface area contributed by atoms with Gasteiger partial charge in [-0.1, -0.05) is 18.2 Å². The third-order valence-corrected chi connectivity index (χ3v) is 3.66. The maximum Gasteiger partial charge on any atom is 0.416 e. The Morgan fingerprint density at radius 1 is 1.26 bits per heavy atom. The highest BCUT2D eigenvalue weighted by Gasteiger charge is 2.37. The molecule has 128 valence electrons. The molecule has 1 fully saturated rings. The van der Waals surface area contributed by atoms with Gasteiger partial charge in [-0.05, 0) is 32.4 Å². The van der Waals surface area contributed by atoms with Crippen LogP contribution in [0.3, 0.4) is 0 Å². The average Bonchev–Trinajstić information content (AvgIpc) is 2.78. The van der Waals surface area contributed by atoms with Crippen molar-refractivity contribution in [1.82, 2.24) is 4.90 Å². The van der Waals surface area contributed by atoms with Crippen LogP contribution in [0, 0.1) is 0 Å². The molecule has 1 heterocycles. The third-order valence-electron chi connectivity index (χ3n) is 3.66. The number of likely N-dealkylation sites (tertiary alicyclic amines) is 1. The summed E-state index contributed by atoms with van der Waals surface area (Å²) in [6.07, 6.45) is -4.90. The lowest BCUT2D eigenvalue weighted by molar-refractivity contribution is -0.137. The van der Waals surface area contributed by atoms with Crippen LogP contribution < -0.4 is 5.73 Å². The molecule has 2 atom stereocenters. The monoisotopic (exact) mass is 330 g/mol. The van der Waals surface area contributed by atoms with E-state index in [0.29, 0.717) is 5.56 Å². The summed E-state index contributed by atoms with van der Waals surface area (Å²) in [5.41, 5.74) is 5.18. The van der Waals surface area contributed by atoms with Gasteiger partial charge in [0, 0.05) is 25.0 Å². The number of hydrogen-bond acceptors (Lipinski definition) is 3. The third kappa shape index (κ3) is 4.37. The molecule has 1 amide bonds. The van der Waals surface area contributed by atoms with E-state index in [1.165, 1.54) is 11.0 Å². The first-order valence-electron chi connectivity index (χ1n) is 7.38. The molecule has 1 aromatic rings. The Hall–Kier alpha value is -1.76. The topological polar surface area (TPSA) is 55.6 Å². The second-order valence-corrected chi connectivity index (χ2v) is 6.78. The van der Waals surface area contributed by atoms with Gasteiger partial charge in [-0.3, -0.25) is 0 Å². The quantitative estimate of drug-likeness (QED) is 0.859. The minimum absolute atomic E-state index is 0.247. The van der Waals surface area contributed by atoms with Gasteiger partial charge in [-0.25, -0.2) is 4.79 Å². The summed E-state index contributed by atoms with van der Waals surface area (Å²) in [4.78, 5) is 13.5. The van der Waals surface area contributed by atoms with Crippen LogP contribution in [-0.2, 0) is 10.9 Å². The Labute approximate surface area is 133 Å². The van der Waals surface area contributed by atoms with Crippen LogP contribution >= 0.6 is 0 Å². The second kappa shape index (κ2) is 6.03. The lowest BCUT2D eigenvalue weighted by Crippen LogP contribution is -2.36. The van der Waals surface area contributed by atoms with Crippen molar-refractivity contribution < 1.29 is 22.7 Å². The highest BCUT2D eigenvalue weighted by atomic mass is 19.4. The molecule has 23 heavy (non-hydrogen) atoms.